The van der Waals surface area contributed by atoms with Crippen LogP contribution in [0, 0.1) is 5.92 Å². The molecule has 2 N–H and O–H groups in total. The topological polar surface area (TPSA) is 85.2 Å². The summed E-state index contributed by atoms with van der Waals surface area (Å²) < 4.78 is 57.2. The van der Waals surface area contributed by atoms with Crippen LogP contribution in [0.1, 0.15) is 48.3 Å². The average molecular weight is 529 g/mol. The number of carboxylic acids is 1. The summed E-state index contributed by atoms with van der Waals surface area (Å²) in [5, 5.41) is 19.3. The second kappa shape index (κ2) is 12.1. The fraction of sp³-hybridized carbons (Fsp3) is 0.276. The highest BCUT2D eigenvalue weighted by molar-refractivity contribution is 5.66. The van der Waals surface area contributed by atoms with Gasteiger partial charge in [0.25, 0.3) is 0 Å². The fourth-order valence-electron chi connectivity index (χ4n) is 4.20. The molecular formula is C29H27F3O6. The Morgan fingerprint density at radius 1 is 1.00 bits per heavy atom. The van der Waals surface area contributed by atoms with E-state index in [4.69, 9.17) is 19.3 Å². The molecule has 4 rings (SSSR count). The van der Waals surface area contributed by atoms with Gasteiger partial charge in [0.1, 0.15) is 17.2 Å². The molecule has 1 aliphatic heterocycles. The number of ether oxygens (including phenoxy) is 3. The van der Waals surface area contributed by atoms with Crippen molar-refractivity contribution in [3.05, 3.63) is 102 Å². The Morgan fingerprint density at radius 2 is 1.74 bits per heavy atom. The summed E-state index contributed by atoms with van der Waals surface area (Å²) in [4.78, 5) is 10.7. The van der Waals surface area contributed by atoms with Gasteiger partial charge in [-0.2, -0.15) is 13.2 Å². The summed E-state index contributed by atoms with van der Waals surface area (Å²) in [6, 6.07) is 18.2. The van der Waals surface area contributed by atoms with Crippen LogP contribution in [0.15, 0.2) is 84.9 Å². The van der Waals surface area contributed by atoms with Gasteiger partial charge < -0.3 is 24.4 Å². The number of aromatic hydroxyl groups is 1. The molecule has 38 heavy (non-hydrogen) atoms. The predicted octanol–water partition coefficient (Wildman–Crippen LogP) is 7.42. The molecule has 1 aliphatic rings. The Kier molecular flexibility index (Phi) is 8.70. The van der Waals surface area contributed by atoms with E-state index in [0.717, 1.165) is 12.1 Å². The number of phenolic OH excluding ortho intramolecular Hbond substituents is 1. The predicted molar refractivity (Wildman–Crippen MR) is 133 cm³/mol. The lowest BCUT2D eigenvalue weighted by molar-refractivity contribution is -0.244. The highest BCUT2D eigenvalue weighted by atomic mass is 19.4. The maximum atomic E-state index is 13.1. The van der Waals surface area contributed by atoms with E-state index in [1.165, 1.54) is 12.1 Å². The minimum atomic E-state index is -4.48. The number of para-hydroxylation sites is 1. The van der Waals surface area contributed by atoms with Gasteiger partial charge in [0.15, 0.2) is 6.29 Å². The standard InChI is InChI=1S/C29H27F3O6/c30-29(31,32)21-10-7-12-23(17-21)37-22-11-6-9-19(16-22)28-36-18-20(8-2-1-3-15-26(34)35)27(38-28)24-13-4-5-14-25(24)33/h1-2,4-7,9-14,16-17,20,27-28,33H,3,8,15,18H2,(H,34,35)/b2-1+/t20-,27+,28+/m1/s1. The first-order chi connectivity index (χ1) is 18.2. The van der Waals surface area contributed by atoms with Crippen LogP contribution in [0.25, 0.3) is 0 Å². The zero-order chi connectivity index (χ0) is 27.1. The van der Waals surface area contributed by atoms with Gasteiger partial charge in [0, 0.05) is 23.5 Å². The van der Waals surface area contributed by atoms with Gasteiger partial charge in [-0.3, -0.25) is 4.79 Å². The molecule has 1 heterocycles. The average Bonchev–Trinajstić information content (AvgIpc) is 2.89. The van der Waals surface area contributed by atoms with Crippen molar-refractivity contribution >= 4 is 5.97 Å². The summed E-state index contributed by atoms with van der Waals surface area (Å²) in [5.41, 5.74) is 0.394. The summed E-state index contributed by atoms with van der Waals surface area (Å²) in [6.45, 7) is 0.297. The number of alkyl halides is 3. The maximum absolute atomic E-state index is 13.1. The molecule has 0 saturated carbocycles. The monoisotopic (exact) mass is 528 g/mol. The lowest BCUT2D eigenvalue weighted by atomic mass is 9.91. The van der Waals surface area contributed by atoms with Gasteiger partial charge in [-0.25, -0.2) is 0 Å². The second-order valence-electron chi connectivity index (χ2n) is 8.88. The minimum absolute atomic E-state index is 0.0397. The number of carboxylic acid groups (broad SMARTS) is 1. The molecule has 0 aromatic heterocycles. The third-order valence-corrected chi connectivity index (χ3v) is 6.06. The lowest BCUT2D eigenvalue weighted by Gasteiger charge is -2.37. The Hall–Kier alpha value is -3.82. The number of halogens is 3. The van der Waals surface area contributed by atoms with Crippen LogP contribution in [0.2, 0.25) is 0 Å². The van der Waals surface area contributed by atoms with Crippen molar-refractivity contribution in [1.29, 1.82) is 0 Å². The van der Waals surface area contributed by atoms with Crippen LogP contribution >= 0.6 is 0 Å². The number of allylic oxidation sites excluding steroid dienone is 2. The summed E-state index contributed by atoms with van der Waals surface area (Å²) >= 11 is 0. The Morgan fingerprint density at radius 3 is 2.47 bits per heavy atom. The van der Waals surface area contributed by atoms with E-state index < -0.39 is 30.1 Å². The maximum Gasteiger partial charge on any atom is 0.416 e. The lowest BCUT2D eigenvalue weighted by Crippen LogP contribution is -2.30. The van der Waals surface area contributed by atoms with Crippen LogP contribution in [-0.4, -0.2) is 22.8 Å². The molecule has 3 atom stereocenters. The Bertz CT molecular complexity index is 1270. The first-order valence-electron chi connectivity index (χ1n) is 12.1. The number of benzene rings is 3. The first-order valence-corrected chi connectivity index (χ1v) is 12.1. The number of carbonyl (C=O) groups is 1. The van der Waals surface area contributed by atoms with Gasteiger partial charge in [0.05, 0.1) is 18.3 Å². The summed E-state index contributed by atoms with van der Waals surface area (Å²) in [6.07, 6.45) is -1.13. The highest BCUT2D eigenvalue weighted by Crippen LogP contribution is 2.43. The summed E-state index contributed by atoms with van der Waals surface area (Å²) in [5.74, 6) is -0.570. The van der Waals surface area contributed by atoms with Crippen LogP contribution in [-0.2, 0) is 20.4 Å². The molecule has 0 radical (unpaired) electrons. The SMILES string of the molecule is O=C(O)CC/C=C/C[C@@H]1CO[C@H](c2cccc(Oc3cccc(C(F)(F)F)c3)c2)O[C@@H]1c1ccccc1O. The van der Waals surface area contributed by atoms with Crippen LogP contribution in [0.3, 0.4) is 0 Å². The van der Waals surface area contributed by atoms with Gasteiger partial charge in [-0.15, -0.1) is 0 Å². The number of hydrogen-bond acceptors (Lipinski definition) is 5. The molecule has 1 fully saturated rings. The molecule has 3 aromatic carbocycles. The third kappa shape index (κ3) is 7.14. The zero-order valence-electron chi connectivity index (χ0n) is 20.3. The van der Waals surface area contributed by atoms with Crippen molar-refractivity contribution in [1.82, 2.24) is 0 Å². The highest BCUT2D eigenvalue weighted by Gasteiger charge is 2.35. The van der Waals surface area contributed by atoms with Crippen molar-refractivity contribution < 1.29 is 42.4 Å². The van der Waals surface area contributed by atoms with Crippen LogP contribution < -0.4 is 4.74 Å². The summed E-state index contributed by atoms with van der Waals surface area (Å²) in [7, 11) is 0. The number of hydrogen-bond donors (Lipinski definition) is 2. The largest absolute Gasteiger partial charge is 0.508 e. The minimum Gasteiger partial charge on any atom is -0.508 e. The van der Waals surface area contributed by atoms with Crippen molar-refractivity contribution in [2.24, 2.45) is 5.92 Å². The van der Waals surface area contributed by atoms with Crippen LogP contribution in [0.5, 0.6) is 17.2 Å². The van der Waals surface area contributed by atoms with E-state index in [-0.39, 0.29) is 23.8 Å². The molecule has 6 nitrogen and oxygen atoms in total. The molecule has 1 saturated heterocycles. The molecule has 0 spiro atoms. The van der Waals surface area contributed by atoms with E-state index >= 15 is 0 Å². The molecule has 9 heteroatoms. The molecule has 0 bridgehead atoms. The first kappa shape index (κ1) is 27.2. The van der Waals surface area contributed by atoms with E-state index in [1.54, 1.807) is 54.6 Å². The van der Waals surface area contributed by atoms with E-state index in [2.05, 4.69) is 0 Å². The normalized spacial score (nSPS) is 19.9. The zero-order valence-corrected chi connectivity index (χ0v) is 20.3. The van der Waals surface area contributed by atoms with Crippen molar-refractivity contribution in [3.8, 4) is 17.2 Å². The Balaban J connectivity index is 1.51. The van der Waals surface area contributed by atoms with Gasteiger partial charge >= 0.3 is 12.1 Å². The van der Waals surface area contributed by atoms with Crippen molar-refractivity contribution in [3.63, 3.8) is 0 Å². The molecule has 0 aliphatic carbocycles. The molecular weight excluding hydrogens is 501 g/mol. The molecule has 3 aromatic rings. The fourth-order valence-corrected chi connectivity index (χ4v) is 4.20. The van der Waals surface area contributed by atoms with E-state index in [9.17, 15) is 23.1 Å². The molecule has 0 unspecified atom stereocenters. The Labute approximate surface area is 217 Å². The molecule has 0 amide bonds. The number of rotatable bonds is 9. The van der Waals surface area contributed by atoms with Gasteiger partial charge in [-0.05, 0) is 49.2 Å². The van der Waals surface area contributed by atoms with Crippen LogP contribution in [0.4, 0.5) is 13.2 Å². The number of phenols is 1. The van der Waals surface area contributed by atoms with E-state index in [1.807, 2.05) is 6.08 Å². The smallest absolute Gasteiger partial charge is 0.416 e. The quantitative estimate of drug-likeness (QED) is 0.281. The second-order valence-corrected chi connectivity index (χ2v) is 8.88. The van der Waals surface area contributed by atoms with Gasteiger partial charge in [-0.1, -0.05) is 48.6 Å². The number of aliphatic carboxylic acids is 1. The third-order valence-electron chi connectivity index (χ3n) is 6.06. The van der Waals surface area contributed by atoms with Gasteiger partial charge in [0.2, 0.25) is 0 Å². The van der Waals surface area contributed by atoms with Crippen molar-refractivity contribution in [2.45, 2.75) is 37.8 Å². The molecule has 200 valence electrons. The van der Waals surface area contributed by atoms with E-state index in [0.29, 0.717) is 36.3 Å². The van der Waals surface area contributed by atoms with Crippen molar-refractivity contribution in [2.75, 3.05) is 6.61 Å².